The Bertz CT molecular complexity index is 3150. The van der Waals surface area contributed by atoms with Crippen molar-refractivity contribution in [3.8, 4) is 34.2 Å². The van der Waals surface area contributed by atoms with Crippen molar-refractivity contribution in [2.75, 3.05) is 4.90 Å². The van der Waals surface area contributed by atoms with Crippen LogP contribution in [0.25, 0.3) is 87.0 Å². The Morgan fingerprint density at radius 3 is 1.67 bits per heavy atom. The summed E-state index contributed by atoms with van der Waals surface area (Å²) in [4.78, 5) is 17.7. The average Bonchev–Trinajstić information content (AvgIpc) is 3.82. The number of nitrogens with zero attached hydrogens (tertiary/aromatic N) is 4. The van der Waals surface area contributed by atoms with E-state index in [1.807, 2.05) is 84.1 Å². The molecule has 6 heteroatoms. The summed E-state index contributed by atoms with van der Waals surface area (Å²) in [5, 5.41) is 6.59. The van der Waals surface area contributed by atoms with Crippen LogP contribution < -0.4 is 4.90 Å². The molecule has 0 N–H and O–H groups in total. The molecule has 0 bridgehead atoms. The average molecular weight is 723 g/mol. The van der Waals surface area contributed by atoms with Gasteiger partial charge in [-0.05, 0) is 66.0 Å². The number of thiophene rings is 1. The van der Waals surface area contributed by atoms with E-state index in [0.29, 0.717) is 17.5 Å². The quantitative estimate of drug-likeness (QED) is 0.171. The second kappa shape index (κ2) is 12.8. The monoisotopic (exact) mass is 722 g/mol. The van der Waals surface area contributed by atoms with E-state index in [9.17, 15) is 0 Å². The minimum Gasteiger partial charge on any atom is -0.455 e. The zero-order chi connectivity index (χ0) is 36.3. The molecule has 3 aromatic heterocycles. The standard InChI is InChI=1S/C49H30N4OS/c1-4-14-31(15-5-1)47-50-48(32-16-6-2-7-17-32)52-49(51-47)42-30-41-36-20-10-12-22-43(36)54-46(41)39-27-25-34(28-40(39)42)53(33-18-8-3-9-19-33)35-24-26-38-37-21-11-13-23-44(37)55-45(38)29-35/h1-30H. The summed E-state index contributed by atoms with van der Waals surface area (Å²) >= 11 is 1.83. The van der Waals surface area contributed by atoms with E-state index in [0.717, 1.165) is 66.5 Å². The lowest BCUT2D eigenvalue weighted by atomic mass is 9.98. The number of para-hydroxylation sites is 2. The van der Waals surface area contributed by atoms with E-state index in [4.69, 9.17) is 19.4 Å². The van der Waals surface area contributed by atoms with Gasteiger partial charge >= 0.3 is 0 Å². The smallest absolute Gasteiger partial charge is 0.164 e. The van der Waals surface area contributed by atoms with Gasteiger partial charge in [-0.25, -0.2) is 15.0 Å². The minimum atomic E-state index is 0.597. The van der Waals surface area contributed by atoms with Crippen LogP contribution in [-0.2, 0) is 0 Å². The summed E-state index contributed by atoms with van der Waals surface area (Å²) in [5.74, 6) is 1.84. The van der Waals surface area contributed by atoms with Gasteiger partial charge in [0.15, 0.2) is 17.5 Å². The fourth-order valence-electron chi connectivity index (χ4n) is 7.71. The zero-order valence-corrected chi connectivity index (χ0v) is 30.2. The van der Waals surface area contributed by atoms with Crippen LogP contribution >= 0.6 is 11.3 Å². The summed E-state index contributed by atoms with van der Waals surface area (Å²) in [6.07, 6.45) is 0. The molecule has 5 nitrogen and oxygen atoms in total. The summed E-state index contributed by atoms with van der Waals surface area (Å²) in [6.45, 7) is 0. The van der Waals surface area contributed by atoms with Gasteiger partial charge in [-0.15, -0.1) is 11.3 Å². The van der Waals surface area contributed by atoms with Gasteiger partial charge in [0, 0.05) is 70.1 Å². The van der Waals surface area contributed by atoms with E-state index >= 15 is 0 Å². The van der Waals surface area contributed by atoms with Crippen molar-refractivity contribution in [3.63, 3.8) is 0 Å². The lowest BCUT2D eigenvalue weighted by Gasteiger charge is -2.26. The van der Waals surface area contributed by atoms with Crippen molar-refractivity contribution in [2.45, 2.75) is 0 Å². The first-order valence-electron chi connectivity index (χ1n) is 18.3. The molecule has 0 radical (unpaired) electrons. The first kappa shape index (κ1) is 31.4. The molecule has 0 aliphatic heterocycles. The Morgan fingerprint density at radius 2 is 0.945 bits per heavy atom. The van der Waals surface area contributed by atoms with E-state index in [1.54, 1.807) is 0 Å². The molecule has 0 amide bonds. The van der Waals surface area contributed by atoms with E-state index in [1.165, 1.54) is 20.2 Å². The maximum atomic E-state index is 6.62. The number of rotatable bonds is 6. The van der Waals surface area contributed by atoms with Crippen LogP contribution in [0.3, 0.4) is 0 Å². The highest BCUT2D eigenvalue weighted by Gasteiger charge is 2.22. The van der Waals surface area contributed by atoms with Crippen LogP contribution in [0.5, 0.6) is 0 Å². The van der Waals surface area contributed by atoms with Crippen LogP contribution in [0.15, 0.2) is 186 Å². The minimum absolute atomic E-state index is 0.597. The number of fused-ring (bicyclic) bond motifs is 8. The summed E-state index contributed by atoms with van der Waals surface area (Å²) in [6, 6.07) is 63.3. The topological polar surface area (TPSA) is 55.1 Å². The largest absolute Gasteiger partial charge is 0.455 e. The maximum absolute atomic E-state index is 6.62. The summed E-state index contributed by atoms with van der Waals surface area (Å²) in [5.41, 5.74) is 7.58. The maximum Gasteiger partial charge on any atom is 0.164 e. The molecule has 11 rings (SSSR count). The molecule has 55 heavy (non-hydrogen) atoms. The highest BCUT2D eigenvalue weighted by Crippen LogP contribution is 2.44. The van der Waals surface area contributed by atoms with Gasteiger partial charge in [0.25, 0.3) is 0 Å². The van der Waals surface area contributed by atoms with Crippen LogP contribution in [0.1, 0.15) is 0 Å². The third-order valence-electron chi connectivity index (χ3n) is 10.3. The van der Waals surface area contributed by atoms with E-state index in [2.05, 4.69) is 114 Å². The van der Waals surface area contributed by atoms with Crippen LogP contribution in [0, 0.1) is 0 Å². The third kappa shape index (κ3) is 5.34. The van der Waals surface area contributed by atoms with Crippen LogP contribution in [-0.4, -0.2) is 15.0 Å². The van der Waals surface area contributed by atoms with Crippen LogP contribution in [0.4, 0.5) is 17.1 Å². The number of hydrogen-bond donors (Lipinski definition) is 0. The molecule has 0 aliphatic carbocycles. The fourth-order valence-corrected chi connectivity index (χ4v) is 8.85. The van der Waals surface area contributed by atoms with Crippen molar-refractivity contribution in [1.29, 1.82) is 0 Å². The van der Waals surface area contributed by atoms with Crippen molar-refractivity contribution in [1.82, 2.24) is 15.0 Å². The molecule has 0 aliphatic rings. The van der Waals surface area contributed by atoms with Crippen molar-refractivity contribution < 1.29 is 4.42 Å². The lowest BCUT2D eigenvalue weighted by Crippen LogP contribution is -2.09. The third-order valence-corrected chi connectivity index (χ3v) is 11.4. The summed E-state index contributed by atoms with van der Waals surface area (Å²) in [7, 11) is 0. The Balaban J connectivity index is 1.19. The molecule has 0 spiro atoms. The van der Waals surface area contributed by atoms with Gasteiger partial charge in [0.05, 0.1) is 0 Å². The first-order chi connectivity index (χ1) is 27.2. The number of aromatic nitrogens is 3. The molecular formula is C49H30N4OS. The zero-order valence-electron chi connectivity index (χ0n) is 29.4. The van der Waals surface area contributed by atoms with Crippen LogP contribution in [0.2, 0.25) is 0 Å². The predicted octanol–water partition coefficient (Wildman–Crippen LogP) is 13.8. The highest BCUT2D eigenvalue weighted by molar-refractivity contribution is 7.25. The Hall–Kier alpha value is -7.15. The molecule has 0 unspecified atom stereocenters. The molecule has 11 aromatic rings. The van der Waals surface area contributed by atoms with Gasteiger partial charge in [-0.2, -0.15) is 0 Å². The fraction of sp³-hybridized carbons (Fsp3) is 0. The number of hydrogen-bond acceptors (Lipinski definition) is 6. The molecule has 0 atom stereocenters. The SMILES string of the molecule is c1ccc(-c2nc(-c3ccccc3)nc(-c3cc4c5ccccc5oc4c4ccc(N(c5ccccc5)c5ccc6c(c5)sc5ccccc56)cc34)n2)cc1. The van der Waals surface area contributed by atoms with Gasteiger partial charge < -0.3 is 9.32 Å². The molecular weight excluding hydrogens is 693 g/mol. The number of furan rings is 1. The van der Waals surface area contributed by atoms with Gasteiger partial charge in [0.1, 0.15) is 11.2 Å². The molecule has 3 heterocycles. The van der Waals surface area contributed by atoms with E-state index in [-0.39, 0.29) is 0 Å². The lowest BCUT2D eigenvalue weighted by molar-refractivity contribution is 0.672. The Kier molecular flexibility index (Phi) is 7.28. The Morgan fingerprint density at radius 1 is 0.382 bits per heavy atom. The number of benzene rings is 8. The highest BCUT2D eigenvalue weighted by atomic mass is 32.1. The second-order valence-electron chi connectivity index (χ2n) is 13.6. The molecule has 258 valence electrons. The van der Waals surface area contributed by atoms with Crippen molar-refractivity contribution in [3.05, 3.63) is 182 Å². The first-order valence-corrected chi connectivity index (χ1v) is 19.1. The van der Waals surface area contributed by atoms with Gasteiger partial charge in [0.2, 0.25) is 0 Å². The molecule has 0 fully saturated rings. The number of anilines is 3. The van der Waals surface area contributed by atoms with Crippen molar-refractivity contribution >= 4 is 81.3 Å². The van der Waals surface area contributed by atoms with Gasteiger partial charge in [-0.1, -0.05) is 121 Å². The van der Waals surface area contributed by atoms with Gasteiger partial charge in [-0.3, -0.25) is 0 Å². The molecule has 0 saturated carbocycles. The molecule has 8 aromatic carbocycles. The second-order valence-corrected chi connectivity index (χ2v) is 14.7. The normalized spacial score (nSPS) is 11.6. The van der Waals surface area contributed by atoms with E-state index < -0.39 is 0 Å². The Labute approximate surface area is 320 Å². The van der Waals surface area contributed by atoms with Crippen molar-refractivity contribution in [2.24, 2.45) is 0 Å². The molecule has 0 saturated heterocycles. The summed E-state index contributed by atoms with van der Waals surface area (Å²) < 4.78 is 9.16. The predicted molar refractivity (Wildman–Crippen MR) is 228 cm³/mol.